The van der Waals surface area contributed by atoms with E-state index in [1.807, 2.05) is 48.7 Å². The molecule has 0 saturated carbocycles. The average molecular weight is 213 g/mol. The zero-order valence-electron chi connectivity index (χ0n) is 9.14. The van der Waals surface area contributed by atoms with E-state index in [0.29, 0.717) is 5.82 Å². The van der Waals surface area contributed by atoms with Crippen LogP contribution in [0, 0.1) is 11.8 Å². The van der Waals surface area contributed by atoms with Crippen LogP contribution in [0.15, 0.2) is 35.5 Å². The molecule has 3 rings (SSSR count). The Morgan fingerprint density at radius 1 is 1.19 bits per heavy atom. The number of hydrogen-bond donors (Lipinski definition) is 0. The van der Waals surface area contributed by atoms with E-state index in [-0.39, 0.29) is 0 Å². The number of nitrogens with zero attached hydrogens (tertiary/aromatic N) is 3. The Labute approximate surface area is 92.1 Å². The van der Waals surface area contributed by atoms with Crippen molar-refractivity contribution < 1.29 is 0 Å². The highest BCUT2D eigenvalue weighted by atomic mass is 16.3. The van der Waals surface area contributed by atoms with Gasteiger partial charge in [-0.2, -0.15) is 0 Å². The van der Waals surface area contributed by atoms with Crippen LogP contribution in [0.25, 0.3) is 16.7 Å². The van der Waals surface area contributed by atoms with Gasteiger partial charge < -0.3 is 4.57 Å². The van der Waals surface area contributed by atoms with Crippen molar-refractivity contribution in [1.82, 2.24) is 8.97 Å². The summed E-state index contributed by atoms with van der Waals surface area (Å²) in [5.41, 5.74) is 4.02. The van der Waals surface area contributed by atoms with Gasteiger partial charge in [0.25, 0.3) is 0 Å². The van der Waals surface area contributed by atoms with E-state index in [1.54, 1.807) is 0 Å². The lowest BCUT2D eigenvalue weighted by Gasteiger charge is -1.94. The van der Waals surface area contributed by atoms with E-state index in [1.165, 1.54) is 0 Å². The summed E-state index contributed by atoms with van der Waals surface area (Å²) in [6.45, 7) is 1.90. The highest BCUT2D eigenvalue weighted by Crippen LogP contribution is 2.30. The molecule has 80 valence electrons. The quantitative estimate of drug-likeness (QED) is 0.572. The minimum Gasteiger partial charge on any atom is -0.329 e. The third-order valence-electron chi connectivity index (χ3n) is 3.05. The van der Waals surface area contributed by atoms with Crippen molar-refractivity contribution in [3.63, 3.8) is 0 Å². The zero-order chi connectivity index (χ0) is 11.3. The lowest BCUT2D eigenvalue weighted by molar-refractivity contribution is 0.993. The minimum absolute atomic E-state index is 0.492. The van der Waals surface area contributed by atoms with Crippen LogP contribution in [0.4, 0.5) is 5.82 Å². The summed E-state index contributed by atoms with van der Waals surface area (Å²) in [5.74, 6) is 0.492. The number of rotatable bonds is 1. The van der Waals surface area contributed by atoms with Gasteiger partial charge in [-0.1, -0.05) is 12.1 Å². The lowest BCUT2D eigenvalue weighted by Crippen LogP contribution is -1.85. The number of nitroso groups, excluding NO2 is 1. The van der Waals surface area contributed by atoms with Gasteiger partial charge in [0, 0.05) is 7.05 Å². The fourth-order valence-corrected chi connectivity index (χ4v) is 2.27. The van der Waals surface area contributed by atoms with Crippen LogP contribution in [-0.4, -0.2) is 8.97 Å². The predicted octanol–water partition coefficient (Wildman–Crippen LogP) is 3.14. The Hall–Kier alpha value is -2.10. The summed E-state index contributed by atoms with van der Waals surface area (Å²) in [5, 5.41) is 3.12. The first-order valence-corrected chi connectivity index (χ1v) is 5.13. The minimum atomic E-state index is 0.492. The number of benzene rings is 1. The van der Waals surface area contributed by atoms with Crippen molar-refractivity contribution in [2.45, 2.75) is 6.92 Å². The van der Waals surface area contributed by atoms with Crippen molar-refractivity contribution in [2.24, 2.45) is 12.2 Å². The van der Waals surface area contributed by atoms with E-state index >= 15 is 0 Å². The molecule has 0 unspecified atom stereocenters. The largest absolute Gasteiger partial charge is 0.329 e. The fraction of sp³-hybridized carbons (Fsp3) is 0.167. The molecule has 4 heteroatoms. The second kappa shape index (κ2) is 2.95. The Bertz CT molecular complexity index is 706. The second-order valence-corrected chi connectivity index (χ2v) is 3.98. The maximum absolute atomic E-state index is 10.9. The molecule has 0 aliphatic heterocycles. The van der Waals surface area contributed by atoms with Crippen LogP contribution in [0.5, 0.6) is 0 Å². The maximum Gasteiger partial charge on any atom is 0.186 e. The van der Waals surface area contributed by atoms with Crippen LogP contribution >= 0.6 is 0 Å². The average Bonchev–Trinajstić information content (AvgIpc) is 2.76. The van der Waals surface area contributed by atoms with Crippen molar-refractivity contribution in [3.8, 4) is 0 Å². The summed E-state index contributed by atoms with van der Waals surface area (Å²) in [7, 11) is 1.99. The highest BCUT2D eigenvalue weighted by molar-refractivity contribution is 5.84. The van der Waals surface area contributed by atoms with Crippen molar-refractivity contribution in [2.75, 3.05) is 0 Å². The molecule has 0 aliphatic carbocycles. The van der Waals surface area contributed by atoms with E-state index in [2.05, 4.69) is 9.74 Å². The Morgan fingerprint density at radius 2 is 1.88 bits per heavy atom. The lowest BCUT2D eigenvalue weighted by atomic mass is 10.3. The number of fused-ring (bicyclic) bond motifs is 3. The fourth-order valence-electron chi connectivity index (χ4n) is 2.27. The van der Waals surface area contributed by atoms with Gasteiger partial charge in [0.05, 0.1) is 11.0 Å². The number of aromatic nitrogens is 2. The van der Waals surface area contributed by atoms with Gasteiger partial charge in [-0.05, 0) is 35.9 Å². The van der Waals surface area contributed by atoms with Gasteiger partial charge in [-0.25, -0.2) is 0 Å². The normalized spacial score (nSPS) is 11.4. The molecule has 3 aromatic rings. The molecule has 16 heavy (non-hydrogen) atoms. The molecular formula is C12H11N3O. The van der Waals surface area contributed by atoms with Crippen molar-refractivity contribution >= 4 is 22.5 Å². The Kier molecular flexibility index (Phi) is 1.68. The van der Waals surface area contributed by atoms with Crippen LogP contribution in [0.2, 0.25) is 0 Å². The Morgan fingerprint density at radius 3 is 2.56 bits per heavy atom. The first-order chi connectivity index (χ1) is 7.74. The van der Waals surface area contributed by atoms with Gasteiger partial charge in [0.15, 0.2) is 5.82 Å². The molecule has 0 N–H and O–H groups in total. The number of imidazole rings is 1. The van der Waals surface area contributed by atoms with E-state index in [9.17, 15) is 4.91 Å². The number of para-hydroxylation sites is 2. The van der Waals surface area contributed by atoms with Gasteiger partial charge in [0.2, 0.25) is 0 Å². The molecule has 2 aromatic heterocycles. The summed E-state index contributed by atoms with van der Waals surface area (Å²) in [6, 6.07) is 9.97. The monoisotopic (exact) mass is 213 g/mol. The smallest absolute Gasteiger partial charge is 0.186 e. The molecule has 1 aromatic carbocycles. The van der Waals surface area contributed by atoms with Crippen LogP contribution in [0.1, 0.15) is 5.56 Å². The third kappa shape index (κ3) is 0.934. The molecule has 0 radical (unpaired) electrons. The van der Waals surface area contributed by atoms with Crippen LogP contribution < -0.4 is 0 Å². The van der Waals surface area contributed by atoms with Gasteiger partial charge in [-0.15, -0.1) is 4.91 Å². The number of aryl methyl sites for hydroxylation is 2. The van der Waals surface area contributed by atoms with Gasteiger partial charge >= 0.3 is 0 Å². The predicted molar refractivity (Wildman–Crippen MR) is 64.1 cm³/mol. The first-order valence-electron chi connectivity index (χ1n) is 5.13. The molecule has 4 nitrogen and oxygen atoms in total. The molecule has 0 amide bonds. The Balaban J connectivity index is 2.66. The molecule has 0 spiro atoms. The zero-order valence-corrected chi connectivity index (χ0v) is 9.14. The molecule has 0 atom stereocenters. The van der Waals surface area contributed by atoms with Gasteiger partial charge in [-0.3, -0.25) is 4.40 Å². The molecular weight excluding hydrogens is 202 g/mol. The summed E-state index contributed by atoms with van der Waals surface area (Å²) < 4.78 is 3.97. The molecule has 0 fully saturated rings. The molecule has 0 saturated heterocycles. The third-order valence-corrected chi connectivity index (χ3v) is 3.05. The standard InChI is InChI=1S/C12H11N3O/c1-8-7-11-14(2)9-5-3-4-6-10(9)15(11)12(8)13-16/h3-7H,1-2H3. The van der Waals surface area contributed by atoms with Crippen LogP contribution in [0.3, 0.4) is 0 Å². The number of hydrogen-bond acceptors (Lipinski definition) is 2. The maximum atomic E-state index is 10.9. The molecule has 2 heterocycles. The first kappa shape index (κ1) is 9.15. The van der Waals surface area contributed by atoms with Crippen molar-refractivity contribution in [1.29, 1.82) is 0 Å². The van der Waals surface area contributed by atoms with Crippen molar-refractivity contribution in [3.05, 3.63) is 40.8 Å². The van der Waals surface area contributed by atoms with Crippen LogP contribution in [-0.2, 0) is 7.05 Å². The van der Waals surface area contributed by atoms with E-state index < -0.39 is 0 Å². The highest BCUT2D eigenvalue weighted by Gasteiger charge is 2.14. The molecule has 0 bridgehead atoms. The van der Waals surface area contributed by atoms with E-state index in [0.717, 1.165) is 22.2 Å². The van der Waals surface area contributed by atoms with E-state index in [4.69, 9.17) is 0 Å². The summed E-state index contributed by atoms with van der Waals surface area (Å²) >= 11 is 0. The topological polar surface area (TPSA) is 38.8 Å². The molecule has 0 aliphatic rings. The van der Waals surface area contributed by atoms with Gasteiger partial charge in [0.1, 0.15) is 5.65 Å². The summed E-state index contributed by atoms with van der Waals surface area (Å²) in [4.78, 5) is 10.9. The summed E-state index contributed by atoms with van der Waals surface area (Å²) in [6.07, 6.45) is 0. The second-order valence-electron chi connectivity index (χ2n) is 3.98. The SMILES string of the molecule is Cc1cc2n(C)c3ccccc3n2c1N=O.